The molecular formula is C28H30O4S2. The van der Waals surface area contributed by atoms with Gasteiger partial charge >= 0.3 is 11.9 Å². The number of carbonyl (C=O) groups is 2. The molecule has 0 aromatic heterocycles. The molecule has 0 amide bonds. The van der Waals surface area contributed by atoms with Gasteiger partial charge in [0.05, 0.1) is 11.1 Å². The first kappa shape index (κ1) is 25.9. The van der Waals surface area contributed by atoms with Gasteiger partial charge < -0.3 is 10.2 Å². The van der Waals surface area contributed by atoms with Crippen LogP contribution in [0.2, 0.25) is 0 Å². The molecule has 2 unspecified atom stereocenters. The Kier molecular flexibility index (Phi) is 8.86. The SMILES string of the molecule is CCC(Sc1cccc(C)c1)c1ccc(C(=O)O)c(C(=O)O)c1C(CC)Sc1cccc(C)c1. The number of benzene rings is 3. The molecule has 6 heteroatoms. The van der Waals surface area contributed by atoms with Crippen LogP contribution in [0.3, 0.4) is 0 Å². The van der Waals surface area contributed by atoms with Gasteiger partial charge in [-0.05, 0) is 68.1 Å². The van der Waals surface area contributed by atoms with E-state index >= 15 is 0 Å². The summed E-state index contributed by atoms with van der Waals surface area (Å²) in [6.07, 6.45) is 1.45. The maximum Gasteiger partial charge on any atom is 0.336 e. The summed E-state index contributed by atoms with van der Waals surface area (Å²) in [5.74, 6) is -2.42. The number of rotatable bonds is 10. The molecular weight excluding hydrogens is 464 g/mol. The highest BCUT2D eigenvalue weighted by molar-refractivity contribution is 8.00. The van der Waals surface area contributed by atoms with E-state index in [1.54, 1.807) is 23.5 Å². The second-order valence-corrected chi connectivity index (χ2v) is 10.8. The minimum Gasteiger partial charge on any atom is -0.478 e. The minimum absolute atomic E-state index is 0.00935. The summed E-state index contributed by atoms with van der Waals surface area (Å²) in [6.45, 7) is 8.17. The van der Waals surface area contributed by atoms with Crippen molar-refractivity contribution in [2.24, 2.45) is 0 Å². The molecule has 0 heterocycles. The summed E-state index contributed by atoms with van der Waals surface area (Å²) in [4.78, 5) is 26.6. The van der Waals surface area contributed by atoms with E-state index in [-0.39, 0.29) is 21.6 Å². The monoisotopic (exact) mass is 494 g/mol. The summed E-state index contributed by atoms with van der Waals surface area (Å²) in [5, 5.41) is 19.8. The number of thioether (sulfide) groups is 2. The fourth-order valence-corrected chi connectivity index (χ4v) is 6.61. The van der Waals surface area contributed by atoms with Crippen molar-refractivity contribution in [2.75, 3.05) is 0 Å². The Morgan fingerprint density at radius 1 is 0.765 bits per heavy atom. The third-order valence-corrected chi connectivity index (χ3v) is 8.45. The fourth-order valence-electron chi connectivity index (χ4n) is 4.09. The Labute approximate surface area is 209 Å². The second kappa shape index (κ2) is 11.6. The highest BCUT2D eigenvalue weighted by Crippen LogP contribution is 2.47. The van der Waals surface area contributed by atoms with E-state index in [0.29, 0.717) is 12.0 Å². The lowest BCUT2D eigenvalue weighted by Gasteiger charge is -2.26. The summed E-state index contributed by atoms with van der Waals surface area (Å²) in [5.41, 5.74) is 3.54. The van der Waals surface area contributed by atoms with Crippen LogP contribution in [0, 0.1) is 13.8 Å². The molecule has 34 heavy (non-hydrogen) atoms. The Morgan fingerprint density at radius 3 is 1.74 bits per heavy atom. The van der Waals surface area contributed by atoms with Crippen molar-refractivity contribution in [1.29, 1.82) is 0 Å². The van der Waals surface area contributed by atoms with Gasteiger partial charge in [0.1, 0.15) is 0 Å². The lowest BCUT2D eigenvalue weighted by Crippen LogP contribution is -2.16. The summed E-state index contributed by atoms with van der Waals surface area (Å²) in [6, 6.07) is 19.6. The summed E-state index contributed by atoms with van der Waals surface area (Å²) >= 11 is 3.29. The van der Waals surface area contributed by atoms with E-state index in [4.69, 9.17) is 0 Å². The van der Waals surface area contributed by atoms with Crippen LogP contribution in [0.1, 0.15) is 80.2 Å². The van der Waals surface area contributed by atoms with Crippen LogP contribution in [-0.4, -0.2) is 22.2 Å². The molecule has 0 aliphatic rings. The lowest BCUT2D eigenvalue weighted by molar-refractivity contribution is 0.0650. The molecule has 0 bridgehead atoms. The first-order chi connectivity index (χ1) is 16.2. The predicted molar refractivity (Wildman–Crippen MR) is 140 cm³/mol. The highest BCUT2D eigenvalue weighted by Gasteiger charge is 2.30. The first-order valence-electron chi connectivity index (χ1n) is 11.3. The fraction of sp³-hybridized carbons (Fsp3) is 0.286. The zero-order valence-electron chi connectivity index (χ0n) is 19.9. The molecule has 3 aromatic carbocycles. The van der Waals surface area contributed by atoms with Crippen molar-refractivity contribution in [2.45, 2.75) is 60.8 Å². The average molecular weight is 495 g/mol. The molecule has 178 valence electrons. The highest BCUT2D eigenvalue weighted by atomic mass is 32.2. The Bertz CT molecular complexity index is 1190. The van der Waals surface area contributed by atoms with Crippen LogP contribution in [0.25, 0.3) is 0 Å². The van der Waals surface area contributed by atoms with Gasteiger partial charge in [-0.15, -0.1) is 23.5 Å². The number of carboxylic acid groups (broad SMARTS) is 2. The van der Waals surface area contributed by atoms with E-state index in [0.717, 1.165) is 32.9 Å². The van der Waals surface area contributed by atoms with Gasteiger partial charge in [0.15, 0.2) is 0 Å². The van der Waals surface area contributed by atoms with Crippen LogP contribution in [0.5, 0.6) is 0 Å². The van der Waals surface area contributed by atoms with Crippen LogP contribution in [-0.2, 0) is 0 Å². The van der Waals surface area contributed by atoms with Crippen molar-refractivity contribution < 1.29 is 19.8 Å². The molecule has 2 N–H and O–H groups in total. The molecule has 0 radical (unpaired) electrons. The third-order valence-electron chi connectivity index (χ3n) is 5.67. The van der Waals surface area contributed by atoms with E-state index in [1.807, 2.05) is 57.2 Å². The topological polar surface area (TPSA) is 74.6 Å². The van der Waals surface area contributed by atoms with Crippen molar-refractivity contribution >= 4 is 35.5 Å². The number of aryl methyl sites for hydroxylation is 2. The summed E-state index contributed by atoms with van der Waals surface area (Å²) < 4.78 is 0. The quantitative estimate of drug-likeness (QED) is 0.277. The Balaban J connectivity index is 2.19. The molecule has 0 spiro atoms. The Morgan fingerprint density at radius 2 is 1.29 bits per heavy atom. The van der Waals surface area contributed by atoms with Crippen LogP contribution in [0.4, 0.5) is 0 Å². The van der Waals surface area contributed by atoms with E-state index < -0.39 is 11.9 Å². The maximum atomic E-state index is 12.5. The zero-order valence-corrected chi connectivity index (χ0v) is 21.5. The molecule has 0 saturated heterocycles. The van der Waals surface area contributed by atoms with Gasteiger partial charge in [-0.3, -0.25) is 0 Å². The normalized spacial score (nSPS) is 12.8. The van der Waals surface area contributed by atoms with E-state index in [2.05, 4.69) is 25.1 Å². The van der Waals surface area contributed by atoms with Gasteiger partial charge in [-0.2, -0.15) is 0 Å². The standard InChI is InChI=1S/C28H30O4S2/c1-5-23(33-19-11-7-9-17(3)15-19)21-13-14-22(27(29)30)26(28(31)32)25(21)24(6-2)34-20-12-8-10-18(4)16-20/h7-16,23-24H,5-6H2,1-4H3,(H,29,30)(H,31,32). The van der Waals surface area contributed by atoms with Gasteiger partial charge in [0.2, 0.25) is 0 Å². The molecule has 0 aliphatic carbocycles. The smallest absolute Gasteiger partial charge is 0.336 e. The van der Waals surface area contributed by atoms with Crippen molar-refractivity contribution in [3.05, 3.63) is 94.0 Å². The van der Waals surface area contributed by atoms with Crippen molar-refractivity contribution in [3.8, 4) is 0 Å². The number of aromatic carboxylic acids is 2. The van der Waals surface area contributed by atoms with E-state index in [1.165, 1.54) is 6.07 Å². The molecule has 0 aliphatic heterocycles. The largest absolute Gasteiger partial charge is 0.478 e. The average Bonchev–Trinajstić information content (AvgIpc) is 2.80. The molecule has 2 atom stereocenters. The van der Waals surface area contributed by atoms with E-state index in [9.17, 15) is 19.8 Å². The summed E-state index contributed by atoms with van der Waals surface area (Å²) in [7, 11) is 0. The number of hydrogen-bond donors (Lipinski definition) is 2. The van der Waals surface area contributed by atoms with Gasteiger partial charge in [-0.1, -0.05) is 55.3 Å². The minimum atomic E-state index is -1.22. The predicted octanol–water partition coefficient (Wildman–Crippen LogP) is 8.19. The number of carboxylic acids is 2. The second-order valence-electron chi connectivity index (χ2n) is 8.26. The zero-order chi connectivity index (χ0) is 24.8. The van der Waals surface area contributed by atoms with Gasteiger partial charge in [0, 0.05) is 20.3 Å². The third kappa shape index (κ3) is 6.05. The van der Waals surface area contributed by atoms with Crippen molar-refractivity contribution in [3.63, 3.8) is 0 Å². The van der Waals surface area contributed by atoms with Gasteiger partial charge in [-0.25, -0.2) is 9.59 Å². The molecule has 3 rings (SSSR count). The molecule has 0 fully saturated rings. The Hall–Kier alpha value is -2.70. The lowest BCUT2D eigenvalue weighted by atomic mass is 9.90. The molecule has 4 nitrogen and oxygen atoms in total. The molecule has 3 aromatic rings. The first-order valence-corrected chi connectivity index (χ1v) is 13.1. The maximum absolute atomic E-state index is 12.5. The van der Waals surface area contributed by atoms with Crippen LogP contribution >= 0.6 is 23.5 Å². The van der Waals surface area contributed by atoms with Crippen LogP contribution in [0.15, 0.2) is 70.5 Å². The van der Waals surface area contributed by atoms with Crippen LogP contribution < -0.4 is 0 Å². The van der Waals surface area contributed by atoms with Crippen molar-refractivity contribution in [1.82, 2.24) is 0 Å². The van der Waals surface area contributed by atoms with Gasteiger partial charge in [0.25, 0.3) is 0 Å². The molecule has 0 saturated carbocycles. The number of hydrogen-bond acceptors (Lipinski definition) is 4.